The van der Waals surface area contributed by atoms with Crippen LogP contribution in [0.15, 0.2) is 21.6 Å². The molecule has 7 nitrogen and oxygen atoms in total. The Bertz CT molecular complexity index is 448. The number of ether oxygens (including phenoxy) is 6. The molecule has 0 aromatic carbocycles. The third kappa shape index (κ3) is 3.64. The van der Waals surface area contributed by atoms with Crippen molar-refractivity contribution in [3.8, 4) is 0 Å². The Hall–Kier alpha value is -0.640. The van der Waals surface area contributed by atoms with Crippen molar-refractivity contribution < 1.29 is 33.5 Å². The van der Waals surface area contributed by atoms with Gasteiger partial charge in [-0.25, -0.2) is 0 Å². The van der Waals surface area contributed by atoms with Gasteiger partial charge < -0.3 is 33.5 Å². The van der Waals surface area contributed by atoms with Crippen molar-refractivity contribution in [2.75, 3.05) is 35.2 Å². The predicted octanol–water partition coefficient (Wildman–Crippen LogP) is 1.86. The molecule has 128 valence electrons. The largest absolute Gasteiger partial charge is 0.494 e. The number of rotatable bonds is 8. The van der Waals surface area contributed by atoms with Crippen molar-refractivity contribution in [3.63, 3.8) is 0 Å². The number of hydrogen-bond donors (Lipinski definition) is 1. The van der Waals surface area contributed by atoms with E-state index >= 15 is 0 Å². The molecule has 0 aromatic rings. The lowest BCUT2D eigenvalue weighted by atomic mass is 9.95. The van der Waals surface area contributed by atoms with Crippen LogP contribution in [0.2, 0.25) is 0 Å². The lowest BCUT2D eigenvalue weighted by Gasteiger charge is -2.39. The number of allylic oxidation sites excluding steroid dienone is 1. The van der Waals surface area contributed by atoms with Gasteiger partial charge in [0.25, 0.3) is 0 Å². The molecule has 8 heteroatoms. The normalized spacial score (nSPS) is 27.2. The minimum Gasteiger partial charge on any atom is -0.494 e. The summed E-state index contributed by atoms with van der Waals surface area (Å²) in [5.41, 5.74) is 0.614. The highest BCUT2D eigenvalue weighted by atomic mass is 79.9. The second-order valence-corrected chi connectivity index (χ2v) is 5.38. The van der Waals surface area contributed by atoms with Crippen LogP contribution in [0.5, 0.6) is 0 Å². The Kier molecular flexibility index (Phi) is 7.30. The summed E-state index contributed by atoms with van der Waals surface area (Å²) < 4.78 is 32.2. The van der Waals surface area contributed by atoms with Gasteiger partial charge in [-0.15, -0.1) is 0 Å². The van der Waals surface area contributed by atoms with Crippen molar-refractivity contribution in [3.05, 3.63) is 21.6 Å². The Morgan fingerprint density at radius 1 is 1.27 bits per heavy atom. The van der Waals surface area contributed by atoms with E-state index in [1.807, 2.05) is 0 Å². The molecule has 22 heavy (non-hydrogen) atoms. The lowest BCUT2D eigenvalue weighted by molar-refractivity contribution is -0.220. The second-order valence-electron chi connectivity index (χ2n) is 4.58. The Morgan fingerprint density at radius 2 is 1.91 bits per heavy atom. The molecule has 0 spiro atoms. The molecular formula is C14H23BrO7. The number of aliphatic hydroxyl groups is 1. The minimum absolute atomic E-state index is 0.0450. The van der Waals surface area contributed by atoms with Gasteiger partial charge in [0.15, 0.2) is 30.7 Å². The molecule has 3 atom stereocenters. The Balaban J connectivity index is 3.10. The average molecular weight is 383 g/mol. The Morgan fingerprint density at radius 3 is 2.36 bits per heavy atom. The molecule has 1 N–H and O–H groups in total. The molecule has 0 aromatic heterocycles. The highest BCUT2D eigenvalue weighted by molar-refractivity contribution is 9.11. The van der Waals surface area contributed by atoms with Gasteiger partial charge in [0.1, 0.15) is 0 Å². The zero-order chi connectivity index (χ0) is 16.9. The van der Waals surface area contributed by atoms with Crippen molar-refractivity contribution in [2.45, 2.75) is 32.0 Å². The fraction of sp³-hybridized carbons (Fsp3) is 0.714. The smallest absolute Gasteiger partial charge is 0.234 e. The molecule has 0 saturated carbocycles. The van der Waals surface area contributed by atoms with E-state index in [-0.39, 0.29) is 6.79 Å². The summed E-state index contributed by atoms with van der Waals surface area (Å²) in [5.74, 6) is -0.981. The van der Waals surface area contributed by atoms with Crippen LogP contribution in [-0.4, -0.2) is 58.5 Å². The fourth-order valence-electron chi connectivity index (χ4n) is 2.06. The first kappa shape index (κ1) is 19.4. The molecule has 1 aliphatic carbocycles. The van der Waals surface area contributed by atoms with Gasteiger partial charge in [0.05, 0.1) is 11.6 Å². The van der Waals surface area contributed by atoms with E-state index in [1.54, 1.807) is 13.8 Å². The summed E-state index contributed by atoms with van der Waals surface area (Å²) in [5, 5.41) is 10.7. The number of halogens is 1. The molecule has 0 saturated heterocycles. The molecule has 0 fully saturated rings. The van der Waals surface area contributed by atoms with Crippen molar-refractivity contribution >= 4 is 15.9 Å². The third-order valence-electron chi connectivity index (χ3n) is 3.41. The van der Waals surface area contributed by atoms with E-state index in [0.717, 1.165) is 0 Å². The summed E-state index contributed by atoms with van der Waals surface area (Å²) in [6.45, 7) is 3.46. The molecule has 0 aliphatic heterocycles. The van der Waals surface area contributed by atoms with Gasteiger partial charge in [0, 0.05) is 26.9 Å². The quantitative estimate of drug-likeness (QED) is 0.642. The average Bonchev–Trinajstić information content (AvgIpc) is 2.53. The summed E-state index contributed by atoms with van der Waals surface area (Å²) in [6.07, 6.45) is -1.30. The van der Waals surface area contributed by atoms with Gasteiger partial charge in [-0.3, -0.25) is 0 Å². The van der Waals surface area contributed by atoms with E-state index in [0.29, 0.717) is 21.6 Å². The van der Waals surface area contributed by atoms with E-state index in [2.05, 4.69) is 15.9 Å². The van der Waals surface area contributed by atoms with E-state index in [1.165, 1.54) is 28.4 Å². The number of methoxy groups -OCH3 is 4. The zero-order valence-electron chi connectivity index (χ0n) is 13.6. The maximum atomic E-state index is 10.7. The van der Waals surface area contributed by atoms with Crippen LogP contribution < -0.4 is 0 Å². The minimum atomic E-state index is -1.70. The monoisotopic (exact) mass is 382 g/mol. The second kappa shape index (κ2) is 8.28. The van der Waals surface area contributed by atoms with Crippen LogP contribution >= 0.6 is 15.9 Å². The molecule has 0 amide bonds. The predicted molar refractivity (Wildman–Crippen MR) is 81.9 cm³/mol. The molecular weight excluding hydrogens is 360 g/mol. The van der Waals surface area contributed by atoms with Crippen molar-refractivity contribution in [2.24, 2.45) is 0 Å². The lowest BCUT2D eigenvalue weighted by Crippen LogP contribution is -2.50. The van der Waals surface area contributed by atoms with Crippen LogP contribution in [0, 0.1) is 0 Å². The third-order valence-corrected chi connectivity index (χ3v) is 4.57. The molecule has 0 heterocycles. The van der Waals surface area contributed by atoms with Crippen LogP contribution in [0.1, 0.15) is 13.8 Å². The van der Waals surface area contributed by atoms with Crippen LogP contribution in [0.25, 0.3) is 0 Å². The van der Waals surface area contributed by atoms with E-state index in [4.69, 9.17) is 28.4 Å². The van der Waals surface area contributed by atoms with Crippen LogP contribution in [0.3, 0.4) is 0 Å². The molecule has 1 rings (SSSR count). The molecule has 0 bridgehead atoms. The summed E-state index contributed by atoms with van der Waals surface area (Å²) >= 11 is 3.34. The highest BCUT2D eigenvalue weighted by Crippen LogP contribution is 2.43. The van der Waals surface area contributed by atoms with Gasteiger partial charge >= 0.3 is 0 Å². The van der Waals surface area contributed by atoms with Crippen LogP contribution in [0.4, 0.5) is 0 Å². The maximum absolute atomic E-state index is 10.7. The van der Waals surface area contributed by atoms with Crippen molar-refractivity contribution in [1.82, 2.24) is 0 Å². The van der Waals surface area contributed by atoms with Gasteiger partial charge in [-0.05, 0) is 29.8 Å². The van der Waals surface area contributed by atoms with Gasteiger partial charge in [-0.1, -0.05) is 0 Å². The zero-order valence-corrected chi connectivity index (χ0v) is 15.2. The SMILES string of the molecule is COC1=C(OCOC(C)OC)C(C)=C(Br)C(O)(OC)C1OC. The first-order chi connectivity index (χ1) is 10.4. The standard InChI is InChI=1S/C14H23BrO7/c1-8-10(22-7-21-9(2)17-3)11(18-4)13(19-5)14(16,20-6)12(8)15/h9,13,16H,7H2,1-6H3. The maximum Gasteiger partial charge on any atom is 0.234 e. The molecule has 1 aliphatic rings. The van der Waals surface area contributed by atoms with Gasteiger partial charge in [0.2, 0.25) is 5.79 Å². The Labute approximate surface area is 138 Å². The van der Waals surface area contributed by atoms with E-state index < -0.39 is 18.2 Å². The van der Waals surface area contributed by atoms with Gasteiger partial charge in [-0.2, -0.15) is 0 Å². The topological polar surface area (TPSA) is 75.6 Å². The van der Waals surface area contributed by atoms with Crippen molar-refractivity contribution in [1.29, 1.82) is 0 Å². The highest BCUT2D eigenvalue weighted by Gasteiger charge is 2.50. The van der Waals surface area contributed by atoms with E-state index in [9.17, 15) is 5.11 Å². The fourth-order valence-corrected chi connectivity index (χ4v) is 2.61. The van der Waals surface area contributed by atoms with Crippen LogP contribution in [-0.2, 0) is 28.4 Å². The molecule has 0 radical (unpaired) electrons. The molecule has 3 unspecified atom stereocenters. The summed E-state index contributed by atoms with van der Waals surface area (Å²) in [4.78, 5) is 0. The number of hydrogen-bond acceptors (Lipinski definition) is 7. The summed E-state index contributed by atoms with van der Waals surface area (Å²) in [7, 11) is 5.82. The first-order valence-corrected chi connectivity index (χ1v) is 7.39. The summed E-state index contributed by atoms with van der Waals surface area (Å²) in [6, 6.07) is 0. The first-order valence-electron chi connectivity index (χ1n) is 6.60.